The molecule has 1 amide bonds. The van der Waals surface area contributed by atoms with Crippen molar-refractivity contribution >= 4 is 23.0 Å². The predicted molar refractivity (Wildman–Crippen MR) is 173 cm³/mol. The van der Waals surface area contributed by atoms with E-state index in [-0.39, 0.29) is 17.6 Å². The maximum atomic E-state index is 13.1. The first-order valence-electron chi connectivity index (χ1n) is 15.3. The largest absolute Gasteiger partial charge is 0.493 e. The number of aryl methyl sites for hydroxylation is 3. The second-order valence-corrected chi connectivity index (χ2v) is 12.7. The van der Waals surface area contributed by atoms with Crippen molar-refractivity contribution in [3.05, 3.63) is 75.0 Å². The van der Waals surface area contributed by atoms with E-state index in [4.69, 9.17) is 14.2 Å². The van der Waals surface area contributed by atoms with Crippen LogP contribution < -0.4 is 14.2 Å². The van der Waals surface area contributed by atoms with Gasteiger partial charge in [-0.3, -0.25) is 14.5 Å². The van der Waals surface area contributed by atoms with Gasteiger partial charge in [-0.2, -0.15) is 0 Å². The van der Waals surface area contributed by atoms with E-state index in [9.17, 15) is 9.59 Å². The Morgan fingerprint density at radius 2 is 1.51 bits per heavy atom. The van der Waals surface area contributed by atoms with Gasteiger partial charge in [0.15, 0.2) is 17.3 Å². The van der Waals surface area contributed by atoms with Crippen molar-refractivity contribution in [2.45, 2.75) is 58.9 Å². The van der Waals surface area contributed by atoms with Gasteiger partial charge in [0.2, 0.25) is 11.7 Å². The first-order valence-corrected chi connectivity index (χ1v) is 16.1. The fourth-order valence-electron chi connectivity index (χ4n) is 5.65. The van der Waals surface area contributed by atoms with Gasteiger partial charge in [-0.25, -0.2) is 0 Å². The Balaban J connectivity index is 1.18. The fraction of sp³-hybridized carbons (Fsp3) is 0.486. The van der Waals surface area contributed by atoms with Crippen LogP contribution in [0, 0.1) is 12.8 Å². The molecule has 1 aliphatic rings. The van der Waals surface area contributed by atoms with E-state index in [0.717, 1.165) is 49.2 Å². The highest BCUT2D eigenvalue weighted by Gasteiger charge is 2.25. The summed E-state index contributed by atoms with van der Waals surface area (Å²) in [5.41, 5.74) is 3.70. The Kier molecular flexibility index (Phi) is 12.1. The molecule has 3 aromatic rings. The van der Waals surface area contributed by atoms with E-state index < -0.39 is 0 Å². The molecule has 232 valence electrons. The summed E-state index contributed by atoms with van der Waals surface area (Å²) in [6.07, 6.45) is 5.14. The van der Waals surface area contributed by atoms with Crippen LogP contribution in [0.4, 0.5) is 0 Å². The topological polar surface area (TPSA) is 68.3 Å². The van der Waals surface area contributed by atoms with Gasteiger partial charge in [0.25, 0.3) is 0 Å². The third-order valence-electron chi connectivity index (χ3n) is 8.16. The molecule has 0 radical (unpaired) electrons. The molecule has 4 rings (SSSR count). The van der Waals surface area contributed by atoms with Gasteiger partial charge in [-0.15, -0.1) is 11.3 Å². The number of piperazine rings is 1. The van der Waals surface area contributed by atoms with Crippen molar-refractivity contribution in [1.82, 2.24) is 9.80 Å². The molecule has 8 heteroatoms. The Labute approximate surface area is 260 Å². The summed E-state index contributed by atoms with van der Waals surface area (Å²) in [6.45, 7) is 7.73. The average molecular weight is 607 g/mol. The zero-order valence-electron chi connectivity index (χ0n) is 26.3. The molecule has 0 aliphatic carbocycles. The van der Waals surface area contributed by atoms with Crippen molar-refractivity contribution in [3.63, 3.8) is 0 Å². The summed E-state index contributed by atoms with van der Waals surface area (Å²) >= 11 is 1.61. The number of rotatable bonds is 15. The number of benzene rings is 2. The van der Waals surface area contributed by atoms with E-state index in [1.54, 1.807) is 32.7 Å². The monoisotopic (exact) mass is 606 g/mol. The Morgan fingerprint density at radius 1 is 0.814 bits per heavy atom. The van der Waals surface area contributed by atoms with Crippen LogP contribution in [-0.2, 0) is 24.2 Å². The average Bonchev–Trinajstić information content (AvgIpc) is 3.49. The number of carbonyl (C=O) groups excluding carboxylic acids is 2. The molecule has 0 N–H and O–H groups in total. The van der Waals surface area contributed by atoms with Crippen LogP contribution in [0.5, 0.6) is 17.2 Å². The summed E-state index contributed by atoms with van der Waals surface area (Å²) in [5.74, 6) is 2.18. The fourth-order valence-corrected chi connectivity index (χ4v) is 6.64. The van der Waals surface area contributed by atoms with Gasteiger partial charge in [0, 0.05) is 56.0 Å². The van der Waals surface area contributed by atoms with Gasteiger partial charge in [0.05, 0.1) is 26.2 Å². The number of ether oxygens (including phenoxy) is 3. The minimum Gasteiger partial charge on any atom is -0.493 e. The second-order valence-electron chi connectivity index (χ2n) is 11.5. The lowest BCUT2D eigenvalue weighted by Gasteiger charge is -2.35. The van der Waals surface area contributed by atoms with Crippen molar-refractivity contribution in [1.29, 1.82) is 0 Å². The number of methoxy groups -OCH3 is 3. The lowest BCUT2D eigenvalue weighted by atomic mass is 9.99. The minimum absolute atomic E-state index is 0.00844. The molecule has 7 nitrogen and oxygen atoms in total. The molecule has 1 aliphatic heterocycles. The highest BCUT2D eigenvalue weighted by Crippen LogP contribution is 2.40. The highest BCUT2D eigenvalue weighted by molar-refractivity contribution is 7.14. The van der Waals surface area contributed by atoms with E-state index in [0.29, 0.717) is 49.7 Å². The number of thiophene rings is 1. The number of amides is 1. The van der Waals surface area contributed by atoms with Gasteiger partial charge in [-0.1, -0.05) is 42.8 Å². The third-order valence-corrected chi connectivity index (χ3v) is 9.34. The van der Waals surface area contributed by atoms with E-state index >= 15 is 0 Å². The number of nitrogens with zero attached hydrogens (tertiary/aromatic N) is 2. The lowest BCUT2D eigenvalue weighted by Crippen LogP contribution is -2.48. The second kappa shape index (κ2) is 15.9. The van der Waals surface area contributed by atoms with Gasteiger partial charge < -0.3 is 19.1 Å². The van der Waals surface area contributed by atoms with Crippen molar-refractivity contribution in [2.75, 3.05) is 47.5 Å². The molecule has 0 saturated carbocycles. The van der Waals surface area contributed by atoms with Crippen LogP contribution >= 0.6 is 11.3 Å². The molecular formula is C35H46N2O5S. The van der Waals surface area contributed by atoms with Crippen molar-refractivity contribution < 1.29 is 23.8 Å². The summed E-state index contributed by atoms with van der Waals surface area (Å²) < 4.78 is 16.6. The van der Waals surface area contributed by atoms with Crippen molar-refractivity contribution in [3.8, 4) is 17.2 Å². The standard InChI is InChI=1S/C35H46N2O5S/c1-25-10-12-27(13-11-25)8-6-7-9-29-15-17-32(43-29)30(38)22-26(2)23-33(39)37-20-18-36(19-21-37)24-28-14-16-31(40-3)35(42-5)34(28)41-4/h10-17,26H,6-9,18-24H2,1-5H3. The molecule has 0 spiro atoms. The van der Waals surface area contributed by atoms with Crippen LogP contribution in [0.25, 0.3) is 0 Å². The van der Waals surface area contributed by atoms with E-state index in [2.05, 4.69) is 42.2 Å². The SMILES string of the molecule is COc1ccc(CN2CCN(C(=O)CC(C)CC(=O)c3ccc(CCCCc4ccc(C)cc4)s3)CC2)c(OC)c1OC. The maximum Gasteiger partial charge on any atom is 0.222 e. The Hall–Kier alpha value is -3.36. The number of unbranched alkanes of at least 4 members (excludes halogenated alkanes) is 1. The lowest BCUT2D eigenvalue weighted by molar-refractivity contribution is -0.133. The highest BCUT2D eigenvalue weighted by atomic mass is 32.1. The molecule has 2 aromatic carbocycles. The van der Waals surface area contributed by atoms with Crippen LogP contribution in [0.1, 0.15) is 63.8 Å². The molecule has 43 heavy (non-hydrogen) atoms. The number of carbonyl (C=O) groups is 2. The summed E-state index contributed by atoms with van der Waals surface area (Å²) in [4.78, 5) is 32.4. The first kappa shape index (κ1) is 32.6. The molecule has 1 unspecified atom stereocenters. The summed E-state index contributed by atoms with van der Waals surface area (Å²) in [5, 5.41) is 0. The molecule has 1 fully saturated rings. The minimum atomic E-state index is 0.00844. The maximum absolute atomic E-state index is 13.1. The smallest absolute Gasteiger partial charge is 0.222 e. The molecule has 1 aromatic heterocycles. The molecular weight excluding hydrogens is 560 g/mol. The number of ketones is 1. The van der Waals surface area contributed by atoms with Crippen LogP contribution in [-0.4, -0.2) is 69.0 Å². The molecule has 2 heterocycles. The molecule has 1 atom stereocenters. The van der Waals surface area contributed by atoms with Gasteiger partial charge >= 0.3 is 0 Å². The number of hydrogen-bond donors (Lipinski definition) is 0. The zero-order valence-corrected chi connectivity index (χ0v) is 27.1. The first-order chi connectivity index (χ1) is 20.8. The Bertz CT molecular complexity index is 1340. The van der Waals surface area contributed by atoms with E-state index in [1.165, 1.54) is 16.0 Å². The van der Waals surface area contributed by atoms with Crippen LogP contribution in [0.2, 0.25) is 0 Å². The third kappa shape index (κ3) is 9.07. The Morgan fingerprint density at radius 3 is 2.19 bits per heavy atom. The summed E-state index contributed by atoms with van der Waals surface area (Å²) in [6, 6.07) is 16.7. The predicted octanol–water partition coefficient (Wildman–Crippen LogP) is 6.59. The molecule has 1 saturated heterocycles. The van der Waals surface area contributed by atoms with Gasteiger partial charge in [0.1, 0.15) is 0 Å². The number of hydrogen-bond acceptors (Lipinski definition) is 7. The van der Waals surface area contributed by atoms with Gasteiger partial charge in [-0.05, 0) is 62.3 Å². The molecule has 0 bridgehead atoms. The quantitative estimate of drug-likeness (QED) is 0.144. The van der Waals surface area contributed by atoms with Crippen LogP contribution in [0.3, 0.4) is 0 Å². The van der Waals surface area contributed by atoms with Crippen molar-refractivity contribution in [2.24, 2.45) is 5.92 Å². The van der Waals surface area contributed by atoms with E-state index in [1.807, 2.05) is 30.0 Å². The van der Waals surface area contributed by atoms with Crippen LogP contribution in [0.15, 0.2) is 48.5 Å². The summed E-state index contributed by atoms with van der Waals surface area (Å²) in [7, 11) is 4.85. The normalized spacial score (nSPS) is 14.4. The zero-order chi connectivity index (χ0) is 30.8. The number of Topliss-reactive ketones (excluding diaryl/α,β-unsaturated/α-hetero) is 1.